The van der Waals surface area contributed by atoms with E-state index in [4.69, 9.17) is 26.3 Å². The lowest BCUT2D eigenvalue weighted by Crippen LogP contribution is -2.24. The van der Waals surface area contributed by atoms with Crippen LogP contribution >= 0.6 is 23.4 Å². The normalized spacial score (nSPS) is 12.5. The molecular formula is C30H22ClF2N5O4S. The molecule has 0 radical (unpaired) electrons. The van der Waals surface area contributed by atoms with Gasteiger partial charge in [-0.25, -0.2) is 9.37 Å². The van der Waals surface area contributed by atoms with Crippen molar-refractivity contribution in [2.75, 3.05) is 27.2 Å². The fourth-order valence-electron chi connectivity index (χ4n) is 4.20. The van der Waals surface area contributed by atoms with Crippen LogP contribution < -0.4 is 14.8 Å². The van der Waals surface area contributed by atoms with Crippen molar-refractivity contribution in [1.29, 1.82) is 5.26 Å². The van der Waals surface area contributed by atoms with Crippen molar-refractivity contribution in [1.82, 2.24) is 15.2 Å². The van der Waals surface area contributed by atoms with Crippen LogP contribution in [0.3, 0.4) is 0 Å². The summed E-state index contributed by atoms with van der Waals surface area (Å²) >= 11 is 7.60. The van der Waals surface area contributed by atoms with Crippen LogP contribution in [0.25, 0.3) is 0 Å². The van der Waals surface area contributed by atoms with E-state index in [1.54, 1.807) is 36.4 Å². The maximum atomic E-state index is 15.6. The van der Waals surface area contributed by atoms with Gasteiger partial charge < -0.3 is 24.8 Å². The highest BCUT2D eigenvalue weighted by Gasteiger charge is 2.25. The van der Waals surface area contributed by atoms with Crippen LogP contribution in [-0.2, 0) is 0 Å². The predicted molar refractivity (Wildman–Crippen MR) is 157 cm³/mol. The highest BCUT2D eigenvalue weighted by molar-refractivity contribution is 7.99. The number of likely N-dealkylation sites (N-methyl/N-ethyl adjacent to an activating group) is 1. The minimum atomic E-state index is -1.26. The Balaban J connectivity index is 1.53. The number of phenolic OH excluding ortho intramolecular Hbond substituents is 1. The predicted octanol–water partition coefficient (Wildman–Crippen LogP) is 6.38. The Morgan fingerprint density at radius 1 is 1.16 bits per heavy atom. The molecule has 1 aliphatic heterocycles. The minimum absolute atomic E-state index is 0.0961. The summed E-state index contributed by atoms with van der Waals surface area (Å²) in [6.07, 6.45) is 0.724. The number of carbonyl (C=O) groups excluding carboxylic acids is 1. The summed E-state index contributed by atoms with van der Waals surface area (Å²) in [7, 11) is 3.34. The van der Waals surface area contributed by atoms with Crippen molar-refractivity contribution in [3.8, 4) is 34.9 Å². The number of ether oxygens (including phenoxy) is 2. The van der Waals surface area contributed by atoms with Crippen LogP contribution in [0.15, 0.2) is 75.6 Å². The van der Waals surface area contributed by atoms with Crippen molar-refractivity contribution in [3.63, 3.8) is 0 Å². The zero-order valence-electron chi connectivity index (χ0n) is 22.7. The van der Waals surface area contributed by atoms with E-state index in [0.717, 1.165) is 6.20 Å². The lowest BCUT2D eigenvalue weighted by Gasteiger charge is -2.19. The number of nitrogens with zero attached hydrogens (tertiary/aromatic N) is 4. The largest absolute Gasteiger partial charge is 0.504 e. The monoisotopic (exact) mass is 621 g/mol. The number of aromatic hydroxyl groups is 1. The number of benzene rings is 3. The molecule has 0 saturated carbocycles. The standard InChI is InChI=1S/C30H22ClF2N5O4S/c1-35-29(40)25-19(31)4-3-5-24(25)43-17-7-9-22(18(13-17)28-36-10-11-38(28)2)41-27-20(32)15-37-30(26(27)33)42-23-12-16(14-34)6-8-21(23)39/h3-9,12-13,15,39H,10-11H2,1-2H3,(H,35,40). The number of carbonyl (C=O) groups is 1. The first kappa shape index (κ1) is 29.6. The molecule has 5 rings (SSSR count). The third-order valence-electron chi connectivity index (χ3n) is 6.31. The molecular weight excluding hydrogens is 600 g/mol. The van der Waals surface area contributed by atoms with Gasteiger partial charge in [-0.15, -0.1) is 0 Å². The molecule has 3 aromatic carbocycles. The van der Waals surface area contributed by atoms with Crippen LogP contribution in [0, 0.1) is 23.0 Å². The van der Waals surface area contributed by atoms with E-state index in [0.29, 0.717) is 44.9 Å². The van der Waals surface area contributed by atoms with E-state index in [-0.39, 0.29) is 28.7 Å². The number of rotatable bonds is 8. The van der Waals surface area contributed by atoms with E-state index in [1.165, 1.54) is 37.0 Å². The summed E-state index contributed by atoms with van der Waals surface area (Å²) in [5.41, 5.74) is 0.913. The Kier molecular flexibility index (Phi) is 8.66. The molecule has 4 aromatic rings. The zero-order chi connectivity index (χ0) is 30.7. The Morgan fingerprint density at radius 3 is 2.70 bits per heavy atom. The molecule has 1 aliphatic rings. The molecule has 1 aromatic heterocycles. The lowest BCUT2D eigenvalue weighted by atomic mass is 10.1. The van der Waals surface area contributed by atoms with Gasteiger partial charge >= 0.3 is 0 Å². The summed E-state index contributed by atoms with van der Waals surface area (Å²) in [4.78, 5) is 23.9. The molecule has 0 saturated heterocycles. The number of halogens is 3. The van der Waals surface area contributed by atoms with Crippen LogP contribution in [-0.4, -0.2) is 53.9 Å². The highest BCUT2D eigenvalue weighted by atomic mass is 35.5. The van der Waals surface area contributed by atoms with Gasteiger partial charge in [-0.2, -0.15) is 9.65 Å². The second-order valence-corrected chi connectivity index (χ2v) is 10.7. The molecule has 1 amide bonds. The maximum Gasteiger partial charge on any atom is 0.260 e. The average molecular weight is 622 g/mol. The highest BCUT2D eigenvalue weighted by Crippen LogP contribution is 2.40. The molecule has 2 heterocycles. The minimum Gasteiger partial charge on any atom is -0.504 e. The molecule has 0 fully saturated rings. The Hall–Kier alpha value is -4.86. The van der Waals surface area contributed by atoms with Gasteiger partial charge in [0.05, 0.1) is 40.5 Å². The molecule has 218 valence electrons. The van der Waals surface area contributed by atoms with Crippen molar-refractivity contribution in [2.45, 2.75) is 9.79 Å². The summed E-state index contributed by atoms with van der Waals surface area (Å²) in [6.45, 7) is 1.14. The third kappa shape index (κ3) is 6.18. The number of aliphatic imine (C=N–C) groups is 1. The third-order valence-corrected chi connectivity index (χ3v) is 7.68. The van der Waals surface area contributed by atoms with Gasteiger partial charge in [0, 0.05) is 36.5 Å². The van der Waals surface area contributed by atoms with Gasteiger partial charge in [0.25, 0.3) is 11.8 Å². The molecule has 0 spiro atoms. The molecule has 0 unspecified atom stereocenters. The molecule has 13 heteroatoms. The molecule has 0 aliphatic carbocycles. The van der Waals surface area contributed by atoms with Gasteiger partial charge in [-0.05, 0) is 42.5 Å². The summed E-state index contributed by atoms with van der Waals surface area (Å²) in [5.74, 6) is -4.15. The van der Waals surface area contributed by atoms with E-state index in [9.17, 15) is 14.3 Å². The molecule has 2 N–H and O–H groups in total. The van der Waals surface area contributed by atoms with Crippen molar-refractivity contribution >= 4 is 35.1 Å². The average Bonchev–Trinajstić information content (AvgIpc) is 3.43. The summed E-state index contributed by atoms with van der Waals surface area (Å²) in [6, 6.07) is 15.7. The second-order valence-electron chi connectivity index (χ2n) is 9.13. The van der Waals surface area contributed by atoms with Gasteiger partial charge in [0.2, 0.25) is 11.6 Å². The lowest BCUT2D eigenvalue weighted by molar-refractivity contribution is 0.0960. The smallest absolute Gasteiger partial charge is 0.260 e. The quantitative estimate of drug-likeness (QED) is 0.233. The van der Waals surface area contributed by atoms with E-state index >= 15 is 4.39 Å². The number of phenols is 1. The fourth-order valence-corrected chi connectivity index (χ4v) is 5.53. The molecule has 9 nitrogen and oxygen atoms in total. The van der Waals surface area contributed by atoms with Crippen molar-refractivity contribution in [2.24, 2.45) is 4.99 Å². The number of pyridine rings is 1. The molecule has 0 bridgehead atoms. The van der Waals surface area contributed by atoms with Crippen LogP contribution in [0.1, 0.15) is 21.5 Å². The Bertz CT molecular complexity index is 1810. The molecule has 0 atom stereocenters. The fraction of sp³-hybridized carbons (Fsp3) is 0.133. The van der Waals surface area contributed by atoms with Crippen LogP contribution in [0.5, 0.6) is 28.9 Å². The number of aromatic nitrogens is 1. The summed E-state index contributed by atoms with van der Waals surface area (Å²) in [5, 5.41) is 22.1. The maximum absolute atomic E-state index is 15.6. The Morgan fingerprint density at radius 2 is 1.98 bits per heavy atom. The summed E-state index contributed by atoms with van der Waals surface area (Å²) < 4.78 is 41.7. The van der Waals surface area contributed by atoms with E-state index in [2.05, 4.69) is 15.3 Å². The van der Waals surface area contributed by atoms with Gasteiger partial charge in [-0.3, -0.25) is 9.79 Å². The topological polar surface area (TPSA) is 120 Å². The number of nitrogens with one attached hydrogen (secondary N) is 1. The van der Waals surface area contributed by atoms with Gasteiger partial charge in [0.15, 0.2) is 17.3 Å². The van der Waals surface area contributed by atoms with Crippen LogP contribution in [0.2, 0.25) is 5.02 Å². The first-order chi connectivity index (χ1) is 20.7. The SMILES string of the molecule is CNC(=O)c1c(Cl)cccc1Sc1ccc(Oc2c(F)cnc(Oc3cc(C#N)ccc3O)c2F)c(C2=NCCN2C)c1. The van der Waals surface area contributed by atoms with Gasteiger partial charge in [-0.1, -0.05) is 29.4 Å². The number of amides is 1. The number of amidine groups is 1. The van der Waals surface area contributed by atoms with E-state index < -0.39 is 23.3 Å². The van der Waals surface area contributed by atoms with E-state index in [1.807, 2.05) is 18.0 Å². The molecule has 43 heavy (non-hydrogen) atoms. The number of nitriles is 1. The van der Waals surface area contributed by atoms with Gasteiger partial charge in [0.1, 0.15) is 11.6 Å². The van der Waals surface area contributed by atoms with Crippen LogP contribution in [0.4, 0.5) is 8.78 Å². The number of hydrogen-bond acceptors (Lipinski definition) is 9. The first-order valence-electron chi connectivity index (χ1n) is 12.7. The van der Waals surface area contributed by atoms with Crippen molar-refractivity contribution < 1.29 is 28.2 Å². The first-order valence-corrected chi connectivity index (χ1v) is 13.9. The Labute approximate surface area is 254 Å². The number of hydrogen-bond donors (Lipinski definition) is 2. The second kappa shape index (κ2) is 12.6. The van der Waals surface area contributed by atoms with Crippen molar-refractivity contribution in [3.05, 3.63) is 94.1 Å². The zero-order valence-corrected chi connectivity index (χ0v) is 24.3.